The normalized spacial score (nSPS) is 14.1. The first-order chi connectivity index (χ1) is 16.0. The largest absolute Gasteiger partial charge is 0.484 e. The average Bonchev–Trinajstić information content (AvgIpc) is 2.84. The van der Waals surface area contributed by atoms with Crippen molar-refractivity contribution in [2.75, 3.05) is 44.7 Å². The van der Waals surface area contributed by atoms with Gasteiger partial charge in [-0.3, -0.25) is 4.79 Å². The van der Waals surface area contributed by atoms with E-state index in [1.165, 1.54) is 5.56 Å². The zero-order valence-corrected chi connectivity index (χ0v) is 19.2. The highest BCUT2D eigenvalue weighted by Crippen LogP contribution is 2.24. The maximum Gasteiger partial charge on any atom is 0.258 e. The van der Waals surface area contributed by atoms with Gasteiger partial charge in [-0.2, -0.15) is 0 Å². The highest BCUT2D eigenvalue weighted by atomic mass is 16.5. The lowest BCUT2D eigenvalue weighted by molar-refractivity contribution is -0.123. The van der Waals surface area contributed by atoms with Crippen LogP contribution in [0.1, 0.15) is 11.1 Å². The molecular formula is C26H30N4O3. The van der Waals surface area contributed by atoms with Crippen LogP contribution in [0.5, 0.6) is 17.2 Å². The maximum atomic E-state index is 12.3. The van der Waals surface area contributed by atoms with Crippen LogP contribution in [0, 0.1) is 6.92 Å². The van der Waals surface area contributed by atoms with Gasteiger partial charge >= 0.3 is 0 Å². The first kappa shape index (κ1) is 22.6. The van der Waals surface area contributed by atoms with Gasteiger partial charge in [-0.05, 0) is 68.1 Å². The summed E-state index contributed by atoms with van der Waals surface area (Å²) in [5, 5.41) is 2.91. The van der Waals surface area contributed by atoms with Crippen LogP contribution in [0.25, 0.3) is 0 Å². The number of rotatable bonds is 8. The molecule has 1 fully saturated rings. The number of benzene rings is 2. The summed E-state index contributed by atoms with van der Waals surface area (Å²) in [5.74, 6) is 2.89. The number of amides is 1. The number of aromatic nitrogens is 1. The van der Waals surface area contributed by atoms with Gasteiger partial charge < -0.3 is 24.6 Å². The summed E-state index contributed by atoms with van der Waals surface area (Å²) in [6.45, 7) is 6.40. The summed E-state index contributed by atoms with van der Waals surface area (Å²) < 4.78 is 11.4. The summed E-state index contributed by atoms with van der Waals surface area (Å²) in [6.07, 6.45) is 1.80. The molecule has 7 nitrogen and oxygen atoms in total. The van der Waals surface area contributed by atoms with Crippen molar-refractivity contribution in [3.63, 3.8) is 0 Å². The Morgan fingerprint density at radius 3 is 2.27 bits per heavy atom. The molecule has 33 heavy (non-hydrogen) atoms. The van der Waals surface area contributed by atoms with Gasteiger partial charge in [-0.15, -0.1) is 0 Å². The molecule has 0 spiro atoms. The van der Waals surface area contributed by atoms with Gasteiger partial charge in [0.2, 0.25) is 0 Å². The van der Waals surface area contributed by atoms with Crippen molar-refractivity contribution in [1.29, 1.82) is 0 Å². The van der Waals surface area contributed by atoms with Crippen LogP contribution in [-0.2, 0) is 11.3 Å². The molecule has 1 saturated heterocycles. The molecule has 0 aliphatic carbocycles. The lowest BCUT2D eigenvalue weighted by Crippen LogP contribution is -2.44. The molecule has 7 heteroatoms. The van der Waals surface area contributed by atoms with E-state index in [-0.39, 0.29) is 12.5 Å². The number of nitrogens with zero attached hydrogens (tertiary/aromatic N) is 3. The molecule has 1 aliphatic heterocycles. The minimum atomic E-state index is -0.173. The number of hydrogen-bond donors (Lipinski definition) is 1. The second-order valence-electron chi connectivity index (χ2n) is 8.26. The number of nitrogens with one attached hydrogen (secondary N) is 1. The van der Waals surface area contributed by atoms with Gasteiger partial charge in [0.05, 0.1) is 0 Å². The zero-order chi connectivity index (χ0) is 23.0. The Bertz CT molecular complexity index is 1050. The van der Waals surface area contributed by atoms with Gasteiger partial charge in [-0.1, -0.05) is 17.7 Å². The Morgan fingerprint density at radius 2 is 1.58 bits per heavy atom. The number of carbonyl (C=O) groups is 1. The predicted molar refractivity (Wildman–Crippen MR) is 129 cm³/mol. The molecule has 2 aromatic carbocycles. The molecule has 0 radical (unpaired) electrons. The lowest BCUT2D eigenvalue weighted by atomic mass is 10.2. The van der Waals surface area contributed by atoms with Crippen LogP contribution in [0.2, 0.25) is 0 Å². The van der Waals surface area contributed by atoms with Crippen LogP contribution in [0.15, 0.2) is 66.9 Å². The van der Waals surface area contributed by atoms with Crippen LogP contribution < -0.4 is 19.7 Å². The van der Waals surface area contributed by atoms with E-state index in [0.717, 1.165) is 43.3 Å². The van der Waals surface area contributed by atoms with Crippen molar-refractivity contribution < 1.29 is 14.3 Å². The summed E-state index contributed by atoms with van der Waals surface area (Å²) in [4.78, 5) is 21.3. The van der Waals surface area contributed by atoms with Gasteiger partial charge in [0.15, 0.2) is 6.61 Å². The third-order valence-corrected chi connectivity index (χ3v) is 5.58. The Balaban J connectivity index is 1.22. The summed E-state index contributed by atoms with van der Waals surface area (Å²) in [7, 11) is 2.13. The molecule has 1 N–H and O–H groups in total. The molecule has 0 unspecified atom stereocenters. The zero-order valence-electron chi connectivity index (χ0n) is 19.2. The third-order valence-electron chi connectivity index (χ3n) is 5.58. The standard InChI is InChI=1S/C26H30N4O3/c1-20-3-5-23(6-4-20)33-24-9-7-22(8-10-24)32-19-26(31)28-18-21-11-12-27-25(17-21)30-15-13-29(2)14-16-30/h3-12,17H,13-16,18-19H2,1-2H3,(H,28,31). The second-order valence-corrected chi connectivity index (χ2v) is 8.26. The van der Waals surface area contributed by atoms with Crippen LogP contribution in [0.3, 0.4) is 0 Å². The minimum absolute atomic E-state index is 0.0471. The first-order valence-electron chi connectivity index (χ1n) is 11.2. The number of hydrogen-bond acceptors (Lipinski definition) is 6. The molecule has 2 heterocycles. The Kier molecular flexibility index (Phi) is 7.42. The fraction of sp³-hybridized carbons (Fsp3) is 0.308. The van der Waals surface area contributed by atoms with Crippen molar-refractivity contribution in [3.8, 4) is 17.2 Å². The number of likely N-dealkylation sites (N-methyl/N-ethyl adjacent to an activating group) is 1. The number of carbonyl (C=O) groups excluding carboxylic acids is 1. The highest BCUT2D eigenvalue weighted by Gasteiger charge is 2.15. The summed E-state index contributed by atoms with van der Waals surface area (Å²) in [5.41, 5.74) is 2.20. The van der Waals surface area contributed by atoms with Gasteiger partial charge in [0.1, 0.15) is 23.1 Å². The van der Waals surface area contributed by atoms with Crippen molar-refractivity contribution in [2.45, 2.75) is 13.5 Å². The van der Waals surface area contributed by atoms with Crippen LogP contribution >= 0.6 is 0 Å². The van der Waals surface area contributed by atoms with E-state index in [2.05, 4.69) is 27.1 Å². The third kappa shape index (κ3) is 6.70. The topological polar surface area (TPSA) is 66.9 Å². The van der Waals surface area contributed by atoms with E-state index >= 15 is 0 Å². The van der Waals surface area contributed by atoms with Crippen molar-refractivity contribution >= 4 is 11.7 Å². The second kappa shape index (κ2) is 10.8. The molecule has 1 aromatic heterocycles. The van der Waals surface area contributed by atoms with E-state index in [9.17, 15) is 4.79 Å². The number of piperazine rings is 1. The van der Waals surface area contributed by atoms with Gasteiger partial charge in [-0.25, -0.2) is 4.98 Å². The van der Waals surface area contributed by atoms with Crippen LogP contribution in [0.4, 0.5) is 5.82 Å². The summed E-state index contributed by atoms with van der Waals surface area (Å²) >= 11 is 0. The maximum absolute atomic E-state index is 12.3. The average molecular weight is 447 g/mol. The summed E-state index contributed by atoms with van der Waals surface area (Å²) in [6, 6.07) is 19.1. The number of aryl methyl sites for hydroxylation is 1. The molecular weight excluding hydrogens is 416 g/mol. The first-order valence-corrected chi connectivity index (χ1v) is 11.2. The molecule has 0 saturated carbocycles. The molecule has 0 bridgehead atoms. The SMILES string of the molecule is Cc1ccc(Oc2ccc(OCC(=O)NCc3ccnc(N4CCN(C)CC4)c3)cc2)cc1. The molecule has 0 atom stereocenters. The predicted octanol–water partition coefficient (Wildman–Crippen LogP) is 3.63. The Labute approximate surface area is 195 Å². The van der Waals surface area contributed by atoms with E-state index in [1.54, 1.807) is 18.3 Å². The number of ether oxygens (including phenoxy) is 2. The number of anilines is 1. The van der Waals surface area contributed by atoms with E-state index in [4.69, 9.17) is 9.47 Å². The smallest absolute Gasteiger partial charge is 0.258 e. The van der Waals surface area contributed by atoms with Crippen molar-refractivity contribution in [1.82, 2.24) is 15.2 Å². The lowest BCUT2D eigenvalue weighted by Gasteiger charge is -2.33. The molecule has 172 valence electrons. The van der Waals surface area contributed by atoms with Gasteiger partial charge in [0.25, 0.3) is 5.91 Å². The monoisotopic (exact) mass is 446 g/mol. The van der Waals surface area contributed by atoms with Gasteiger partial charge in [0, 0.05) is 38.9 Å². The minimum Gasteiger partial charge on any atom is -0.484 e. The molecule has 1 amide bonds. The van der Waals surface area contributed by atoms with Crippen LogP contribution in [-0.4, -0.2) is 55.6 Å². The van der Waals surface area contributed by atoms with E-state index in [1.807, 2.05) is 55.5 Å². The Hall–Kier alpha value is -3.58. The quantitative estimate of drug-likeness (QED) is 0.570. The molecule has 4 rings (SSSR count). The van der Waals surface area contributed by atoms with Crippen molar-refractivity contribution in [2.24, 2.45) is 0 Å². The fourth-order valence-electron chi connectivity index (χ4n) is 3.53. The Morgan fingerprint density at radius 1 is 0.939 bits per heavy atom. The molecule has 1 aliphatic rings. The fourth-order valence-corrected chi connectivity index (χ4v) is 3.53. The molecule has 3 aromatic rings. The highest BCUT2D eigenvalue weighted by molar-refractivity contribution is 5.77. The van der Waals surface area contributed by atoms with E-state index < -0.39 is 0 Å². The van der Waals surface area contributed by atoms with E-state index in [0.29, 0.717) is 18.0 Å². The van der Waals surface area contributed by atoms with Crippen molar-refractivity contribution in [3.05, 3.63) is 78.0 Å². The number of pyridine rings is 1.